The zero-order valence-corrected chi connectivity index (χ0v) is 12.5. The second-order valence-corrected chi connectivity index (χ2v) is 5.34. The molecule has 2 heterocycles. The van der Waals surface area contributed by atoms with E-state index >= 15 is 0 Å². The van der Waals surface area contributed by atoms with E-state index in [1.54, 1.807) is 12.1 Å². The average Bonchev–Trinajstić information content (AvgIpc) is 3.33. The lowest BCUT2D eigenvalue weighted by Gasteiger charge is -2.11. The molecule has 0 bridgehead atoms. The van der Waals surface area contributed by atoms with Crippen LogP contribution in [0.4, 0.5) is 17.3 Å². The smallest absolute Gasteiger partial charge is 0.261 e. The molecule has 0 spiro atoms. The van der Waals surface area contributed by atoms with Crippen molar-refractivity contribution in [1.82, 2.24) is 15.0 Å². The van der Waals surface area contributed by atoms with Crippen LogP contribution in [0.5, 0.6) is 0 Å². The van der Waals surface area contributed by atoms with Gasteiger partial charge in [-0.05, 0) is 25.0 Å². The molecule has 3 rings (SSSR count). The number of carbonyl (C=O) groups is 2. The number of rotatable bonds is 4. The lowest BCUT2D eigenvalue weighted by atomic mass is 10.2. The van der Waals surface area contributed by atoms with Crippen molar-refractivity contribution in [3.63, 3.8) is 0 Å². The van der Waals surface area contributed by atoms with E-state index in [4.69, 9.17) is 5.73 Å². The van der Waals surface area contributed by atoms with Crippen LogP contribution in [0.2, 0.25) is 0 Å². The van der Waals surface area contributed by atoms with Gasteiger partial charge in [-0.2, -0.15) is 0 Å². The lowest BCUT2D eigenvalue weighted by molar-refractivity contribution is -0.114. The fraction of sp³-hybridized carbons (Fsp3) is 0.267. The zero-order chi connectivity index (χ0) is 16.4. The van der Waals surface area contributed by atoms with E-state index in [9.17, 15) is 9.59 Å². The number of anilines is 3. The molecule has 0 aromatic carbocycles. The number of nitrogens with two attached hydrogens (primary N) is 1. The molecule has 2 aromatic rings. The van der Waals surface area contributed by atoms with Gasteiger partial charge in [0.1, 0.15) is 17.2 Å². The molecule has 0 radical (unpaired) electrons. The summed E-state index contributed by atoms with van der Waals surface area (Å²) in [4.78, 5) is 35.9. The van der Waals surface area contributed by atoms with E-state index in [0.29, 0.717) is 17.4 Å². The van der Waals surface area contributed by atoms with Gasteiger partial charge in [0.15, 0.2) is 5.82 Å². The number of amides is 2. The van der Waals surface area contributed by atoms with E-state index in [2.05, 4.69) is 25.6 Å². The van der Waals surface area contributed by atoms with Crippen molar-refractivity contribution in [3.8, 4) is 0 Å². The first-order valence-electron chi connectivity index (χ1n) is 7.21. The summed E-state index contributed by atoms with van der Waals surface area (Å²) in [6, 6.07) is 3.28. The molecule has 2 aromatic heterocycles. The monoisotopic (exact) mass is 312 g/mol. The Labute approximate surface area is 132 Å². The number of hydrogen-bond donors (Lipinski definition) is 3. The number of carbonyl (C=O) groups excluding carboxylic acids is 2. The maximum atomic E-state index is 12.4. The van der Waals surface area contributed by atoms with Gasteiger partial charge in [0.25, 0.3) is 5.91 Å². The standard InChI is InChI=1S/C15H16N6O2/c1-8(22)19-14-11(3-2-6-17-14)20-15(23)10-7-18-13(9-4-5-9)21-12(10)16/h2-3,6-7,9H,4-5H2,1H3,(H,20,23)(H2,16,18,21)(H,17,19,22). The second-order valence-electron chi connectivity index (χ2n) is 5.34. The highest BCUT2D eigenvalue weighted by Crippen LogP contribution is 2.38. The Kier molecular flexibility index (Phi) is 3.88. The molecule has 118 valence electrons. The number of nitrogens with one attached hydrogen (secondary N) is 2. The van der Waals surface area contributed by atoms with Crippen LogP contribution in [0.15, 0.2) is 24.5 Å². The SMILES string of the molecule is CC(=O)Nc1ncccc1NC(=O)c1cnc(C2CC2)nc1N. The van der Waals surface area contributed by atoms with Crippen molar-refractivity contribution in [3.05, 3.63) is 35.9 Å². The van der Waals surface area contributed by atoms with Gasteiger partial charge in [-0.15, -0.1) is 0 Å². The highest BCUT2D eigenvalue weighted by atomic mass is 16.2. The van der Waals surface area contributed by atoms with Gasteiger partial charge in [-0.25, -0.2) is 15.0 Å². The first kappa shape index (κ1) is 14.9. The molecule has 8 nitrogen and oxygen atoms in total. The Bertz CT molecular complexity index is 772. The van der Waals surface area contributed by atoms with E-state index in [0.717, 1.165) is 12.8 Å². The van der Waals surface area contributed by atoms with Crippen molar-refractivity contribution >= 4 is 29.1 Å². The quantitative estimate of drug-likeness (QED) is 0.787. The number of nitrogens with zero attached hydrogens (tertiary/aromatic N) is 3. The lowest BCUT2D eigenvalue weighted by Crippen LogP contribution is -2.18. The number of hydrogen-bond acceptors (Lipinski definition) is 6. The molecule has 8 heteroatoms. The minimum Gasteiger partial charge on any atom is -0.383 e. The summed E-state index contributed by atoms with van der Waals surface area (Å²) in [7, 11) is 0. The van der Waals surface area contributed by atoms with Gasteiger partial charge in [0.05, 0.1) is 5.69 Å². The molecule has 1 aliphatic carbocycles. The highest BCUT2D eigenvalue weighted by molar-refractivity contribution is 6.08. The summed E-state index contributed by atoms with van der Waals surface area (Å²) in [5, 5.41) is 5.21. The van der Waals surface area contributed by atoms with Crippen molar-refractivity contribution in [2.24, 2.45) is 0 Å². The average molecular weight is 312 g/mol. The highest BCUT2D eigenvalue weighted by Gasteiger charge is 2.27. The normalized spacial score (nSPS) is 13.4. The third-order valence-electron chi connectivity index (χ3n) is 3.37. The Morgan fingerprint density at radius 3 is 2.70 bits per heavy atom. The van der Waals surface area contributed by atoms with Crippen LogP contribution in [0.1, 0.15) is 41.9 Å². The molecule has 2 amide bonds. The molecule has 1 aliphatic rings. The van der Waals surface area contributed by atoms with E-state index < -0.39 is 5.91 Å². The van der Waals surface area contributed by atoms with Gasteiger partial charge in [0, 0.05) is 25.2 Å². The van der Waals surface area contributed by atoms with E-state index in [-0.39, 0.29) is 23.1 Å². The van der Waals surface area contributed by atoms with E-state index in [1.165, 1.54) is 19.3 Å². The van der Waals surface area contributed by atoms with Crippen LogP contribution in [-0.2, 0) is 4.79 Å². The first-order valence-corrected chi connectivity index (χ1v) is 7.21. The first-order chi connectivity index (χ1) is 11.0. The summed E-state index contributed by atoms with van der Waals surface area (Å²) in [5.41, 5.74) is 6.42. The van der Waals surface area contributed by atoms with Gasteiger partial charge in [-0.1, -0.05) is 0 Å². The number of nitrogen functional groups attached to an aromatic ring is 1. The second kappa shape index (κ2) is 5.99. The zero-order valence-electron chi connectivity index (χ0n) is 12.5. The summed E-state index contributed by atoms with van der Waals surface area (Å²) in [5.74, 6) is 0.713. The molecule has 0 saturated heterocycles. The molecule has 0 atom stereocenters. The van der Waals surface area contributed by atoms with E-state index in [1.807, 2.05) is 0 Å². The fourth-order valence-electron chi connectivity index (χ4n) is 2.08. The van der Waals surface area contributed by atoms with Crippen molar-refractivity contribution in [2.45, 2.75) is 25.7 Å². The predicted molar refractivity (Wildman–Crippen MR) is 84.9 cm³/mol. The molecule has 0 aliphatic heterocycles. The third-order valence-corrected chi connectivity index (χ3v) is 3.37. The predicted octanol–water partition coefficient (Wildman–Crippen LogP) is 1.54. The molecular weight excluding hydrogens is 296 g/mol. The summed E-state index contributed by atoms with van der Waals surface area (Å²) >= 11 is 0. The largest absolute Gasteiger partial charge is 0.383 e. The van der Waals surface area contributed by atoms with Gasteiger partial charge in [0.2, 0.25) is 5.91 Å². The molecule has 23 heavy (non-hydrogen) atoms. The Morgan fingerprint density at radius 2 is 2.04 bits per heavy atom. The Balaban J connectivity index is 1.80. The molecule has 1 fully saturated rings. The number of pyridine rings is 1. The Hall–Kier alpha value is -3.03. The van der Waals surface area contributed by atoms with Crippen LogP contribution < -0.4 is 16.4 Å². The van der Waals surface area contributed by atoms with Crippen molar-refractivity contribution in [2.75, 3.05) is 16.4 Å². The van der Waals surface area contributed by atoms with Crippen molar-refractivity contribution < 1.29 is 9.59 Å². The van der Waals surface area contributed by atoms with Gasteiger partial charge < -0.3 is 16.4 Å². The van der Waals surface area contributed by atoms with Crippen LogP contribution in [0.25, 0.3) is 0 Å². The van der Waals surface area contributed by atoms with Crippen LogP contribution in [-0.4, -0.2) is 26.8 Å². The molecule has 1 saturated carbocycles. The van der Waals surface area contributed by atoms with Crippen LogP contribution >= 0.6 is 0 Å². The third kappa shape index (κ3) is 3.42. The topological polar surface area (TPSA) is 123 Å². The maximum Gasteiger partial charge on any atom is 0.261 e. The number of aromatic nitrogens is 3. The van der Waals surface area contributed by atoms with Crippen molar-refractivity contribution in [1.29, 1.82) is 0 Å². The molecule has 0 unspecified atom stereocenters. The summed E-state index contributed by atoms with van der Waals surface area (Å²) < 4.78 is 0. The minimum absolute atomic E-state index is 0.143. The van der Waals surface area contributed by atoms with Gasteiger partial charge in [-0.3, -0.25) is 9.59 Å². The maximum absolute atomic E-state index is 12.4. The summed E-state index contributed by atoms with van der Waals surface area (Å²) in [6.45, 7) is 1.36. The minimum atomic E-state index is -0.454. The van der Waals surface area contributed by atoms with Crippen LogP contribution in [0, 0.1) is 0 Å². The molecular formula is C15H16N6O2. The molecule has 4 N–H and O–H groups in total. The van der Waals surface area contributed by atoms with Gasteiger partial charge >= 0.3 is 0 Å². The summed E-state index contributed by atoms with van der Waals surface area (Å²) in [6.07, 6.45) is 5.06. The Morgan fingerprint density at radius 1 is 1.26 bits per heavy atom. The fourth-order valence-corrected chi connectivity index (χ4v) is 2.08. The van der Waals surface area contributed by atoms with Crippen LogP contribution in [0.3, 0.4) is 0 Å².